The summed E-state index contributed by atoms with van der Waals surface area (Å²) in [4.78, 5) is 0. The van der Waals surface area contributed by atoms with Gasteiger partial charge in [0.15, 0.2) is 0 Å². The van der Waals surface area contributed by atoms with E-state index in [0.717, 1.165) is 36.9 Å². The predicted molar refractivity (Wildman–Crippen MR) is 81.8 cm³/mol. The molecular formula is C15H24N2O2S. The first-order valence-electron chi connectivity index (χ1n) is 7.18. The SMILES string of the molecule is CCC1(CNS(=O)(=O)Cc2cccc(CNC)c2)CC1. The largest absolute Gasteiger partial charge is 0.316 e. The van der Waals surface area contributed by atoms with Gasteiger partial charge in [0.25, 0.3) is 0 Å². The third kappa shape index (κ3) is 4.30. The van der Waals surface area contributed by atoms with Crippen molar-refractivity contribution >= 4 is 10.0 Å². The zero-order chi connectivity index (χ0) is 14.6. The van der Waals surface area contributed by atoms with Crippen LogP contribution in [0.5, 0.6) is 0 Å². The van der Waals surface area contributed by atoms with Crippen LogP contribution in [0.3, 0.4) is 0 Å². The first-order chi connectivity index (χ1) is 9.49. The van der Waals surface area contributed by atoms with Gasteiger partial charge >= 0.3 is 0 Å². The van der Waals surface area contributed by atoms with Crippen LogP contribution in [0.15, 0.2) is 24.3 Å². The lowest BCUT2D eigenvalue weighted by Crippen LogP contribution is -2.31. The van der Waals surface area contributed by atoms with Crippen molar-refractivity contribution in [3.8, 4) is 0 Å². The van der Waals surface area contributed by atoms with Crippen molar-refractivity contribution in [2.45, 2.75) is 38.5 Å². The number of nitrogens with one attached hydrogen (secondary N) is 2. The molecule has 0 atom stereocenters. The van der Waals surface area contributed by atoms with Gasteiger partial charge < -0.3 is 5.32 Å². The summed E-state index contributed by atoms with van der Waals surface area (Å²) >= 11 is 0. The second-order valence-electron chi connectivity index (χ2n) is 5.78. The van der Waals surface area contributed by atoms with E-state index in [2.05, 4.69) is 17.0 Å². The highest BCUT2D eigenvalue weighted by Crippen LogP contribution is 2.47. The molecule has 0 aliphatic heterocycles. The van der Waals surface area contributed by atoms with Crippen LogP contribution in [0.1, 0.15) is 37.3 Å². The summed E-state index contributed by atoms with van der Waals surface area (Å²) in [6.07, 6.45) is 3.33. The fourth-order valence-corrected chi connectivity index (χ4v) is 3.65. The van der Waals surface area contributed by atoms with Crippen molar-refractivity contribution in [2.75, 3.05) is 13.6 Å². The summed E-state index contributed by atoms with van der Waals surface area (Å²) in [6, 6.07) is 7.72. The van der Waals surface area contributed by atoms with Crippen LogP contribution in [0.2, 0.25) is 0 Å². The van der Waals surface area contributed by atoms with Gasteiger partial charge in [-0.25, -0.2) is 13.1 Å². The van der Waals surface area contributed by atoms with Crippen LogP contribution in [-0.4, -0.2) is 22.0 Å². The normalized spacial score (nSPS) is 17.1. The molecule has 0 aromatic heterocycles. The Hall–Kier alpha value is -0.910. The Labute approximate surface area is 122 Å². The standard InChI is InChI=1S/C15H24N2O2S/c1-3-15(7-8-15)12-17-20(18,19)11-14-6-4-5-13(9-14)10-16-2/h4-6,9,16-17H,3,7-8,10-12H2,1-2H3. The molecule has 0 spiro atoms. The summed E-state index contributed by atoms with van der Waals surface area (Å²) in [5.41, 5.74) is 2.18. The molecule has 0 bridgehead atoms. The van der Waals surface area contributed by atoms with Crippen molar-refractivity contribution in [3.63, 3.8) is 0 Å². The molecule has 1 aliphatic rings. The molecule has 0 radical (unpaired) electrons. The summed E-state index contributed by atoms with van der Waals surface area (Å²) in [7, 11) is -1.36. The molecule has 0 amide bonds. The zero-order valence-electron chi connectivity index (χ0n) is 12.3. The molecule has 4 nitrogen and oxygen atoms in total. The Kier molecular flexibility index (Phi) is 4.83. The van der Waals surface area contributed by atoms with Gasteiger partial charge in [0.05, 0.1) is 5.75 Å². The van der Waals surface area contributed by atoms with Gasteiger partial charge in [0.1, 0.15) is 0 Å². The maximum atomic E-state index is 12.1. The second-order valence-corrected chi connectivity index (χ2v) is 7.59. The Morgan fingerprint density at radius 1 is 1.25 bits per heavy atom. The monoisotopic (exact) mass is 296 g/mol. The van der Waals surface area contributed by atoms with Crippen LogP contribution in [0, 0.1) is 5.41 Å². The highest BCUT2D eigenvalue weighted by molar-refractivity contribution is 7.88. The summed E-state index contributed by atoms with van der Waals surface area (Å²) in [6.45, 7) is 3.46. The first kappa shape index (κ1) is 15.5. The Morgan fingerprint density at radius 3 is 2.55 bits per heavy atom. The van der Waals surface area contributed by atoms with Crippen molar-refractivity contribution in [1.82, 2.24) is 10.0 Å². The van der Waals surface area contributed by atoms with E-state index in [0.29, 0.717) is 6.54 Å². The smallest absolute Gasteiger partial charge is 0.215 e. The molecular weight excluding hydrogens is 272 g/mol. The number of rotatable bonds is 8. The maximum absolute atomic E-state index is 12.1. The van der Waals surface area contributed by atoms with E-state index in [1.165, 1.54) is 0 Å². The number of sulfonamides is 1. The molecule has 0 unspecified atom stereocenters. The zero-order valence-corrected chi connectivity index (χ0v) is 13.1. The molecule has 1 fully saturated rings. The van der Waals surface area contributed by atoms with Gasteiger partial charge in [-0.2, -0.15) is 0 Å². The van der Waals surface area contributed by atoms with Crippen LogP contribution < -0.4 is 10.0 Å². The predicted octanol–water partition coefficient (Wildman–Crippen LogP) is 2.02. The topological polar surface area (TPSA) is 58.2 Å². The Bertz CT molecular complexity index is 551. The molecule has 20 heavy (non-hydrogen) atoms. The van der Waals surface area contributed by atoms with Crippen LogP contribution in [0.25, 0.3) is 0 Å². The lowest BCUT2D eigenvalue weighted by molar-refractivity contribution is 0.475. The van der Waals surface area contributed by atoms with Crippen molar-refractivity contribution in [2.24, 2.45) is 5.41 Å². The minimum atomic E-state index is -3.24. The van der Waals surface area contributed by atoms with Gasteiger partial charge in [-0.05, 0) is 42.9 Å². The van der Waals surface area contributed by atoms with E-state index in [1.54, 1.807) is 0 Å². The van der Waals surface area contributed by atoms with Gasteiger partial charge in [0, 0.05) is 13.1 Å². The number of hydrogen-bond acceptors (Lipinski definition) is 3. The van der Waals surface area contributed by atoms with Gasteiger partial charge in [-0.3, -0.25) is 0 Å². The molecule has 5 heteroatoms. The van der Waals surface area contributed by atoms with Crippen molar-refractivity contribution < 1.29 is 8.42 Å². The molecule has 2 N–H and O–H groups in total. The molecule has 1 saturated carbocycles. The molecule has 2 rings (SSSR count). The lowest BCUT2D eigenvalue weighted by Gasteiger charge is -2.14. The van der Waals surface area contributed by atoms with E-state index < -0.39 is 10.0 Å². The number of benzene rings is 1. The maximum Gasteiger partial charge on any atom is 0.215 e. The van der Waals surface area contributed by atoms with E-state index in [9.17, 15) is 8.42 Å². The average molecular weight is 296 g/mol. The van der Waals surface area contributed by atoms with Crippen molar-refractivity contribution in [3.05, 3.63) is 35.4 Å². The van der Waals surface area contributed by atoms with Crippen LogP contribution >= 0.6 is 0 Å². The van der Waals surface area contributed by atoms with Crippen LogP contribution in [0.4, 0.5) is 0 Å². The third-order valence-electron chi connectivity index (χ3n) is 4.10. The highest BCUT2D eigenvalue weighted by Gasteiger charge is 2.41. The Balaban J connectivity index is 1.95. The van der Waals surface area contributed by atoms with Gasteiger partial charge in [-0.1, -0.05) is 31.2 Å². The fourth-order valence-electron chi connectivity index (χ4n) is 2.40. The number of hydrogen-bond donors (Lipinski definition) is 2. The minimum absolute atomic E-state index is 0.0599. The van der Waals surface area contributed by atoms with Gasteiger partial charge in [-0.15, -0.1) is 0 Å². The summed E-state index contributed by atoms with van der Waals surface area (Å²) in [5, 5.41) is 3.07. The summed E-state index contributed by atoms with van der Waals surface area (Å²) in [5.74, 6) is 0.0599. The highest BCUT2D eigenvalue weighted by atomic mass is 32.2. The lowest BCUT2D eigenvalue weighted by atomic mass is 10.1. The van der Waals surface area contributed by atoms with E-state index in [4.69, 9.17) is 0 Å². The second kappa shape index (κ2) is 6.24. The summed E-state index contributed by atoms with van der Waals surface area (Å²) < 4.78 is 27.0. The molecule has 1 aliphatic carbocycles. The molecule has 1 aromatic rings. The molecule has 0 saturated heterocycles. The minimum Gasteiger partial charge on any atom is -0.316 e. The van der Waals surface area contributed by atoms with Gasteiger partial charge in [0.2, 0.25) is 10.0 Å². The van der Waals surface area contributed by atoms with E-state index >= 15 is 0 Å². The molecule has 112 valence electrons. The third-order valence-corrected chi connectivity index (χ3v) is 5.40. The quantitative estimate of drug-likeness (QED) is 0.771. The fraction of sp³-hybridized carbons (Fsp3) is 0.600. The molecule has 0 heterocycles. The Morgan fingerprint density at radius 2 is 1.95 bits per heavy atom. The van der Waals surface area contributed by atoms with Crippen molar-refractivity contribution in [1.29, 1.82) is 0 Å². The van der Waals surface area contributed by atoms with Crippen LogP contribution in [-0.2, 0) is 22.3 Å². The van der Waals surface area contributed by atoms with E-state index in [1.807, 2.05) is 31.3 Å². The first-order valence-corrected chi connectivity index (χ1v) is 8.84. The molecule has 1 aromatic carbocycles. The average Bonchev–Trinajstić information content (AvgIpc) is 3.18. The van der Waals surface area contributed by atoms with E-state index in [-0.39, 0.29) is 11.2 Å².